The van der Waals surface area contributed by atoms with E-state index in [-0.39, 0.29) is 11.9 Å². The third-order valence-corrected chi connectivity index (χ3v) is 2.29. The van der Waals surface area contributed by atoms with E-state index in [1.807, 2.05) is 11.9 Å². The summed E-state index contributed by atoms with van der Waals surface area (Å²) < 4.78 is 0. The van der Waals surface area contributed by atoms with Crippen molar-refractivity contribution in [3.05, 3.63) is 0 Å². The first kappa shape index (κ1) is 9.52. The number of amides is 1. The lowest BCUT2D eigenvalue weighted by molar-refractivity contribution is -0.131. The van der Waals surface area contributed by atoms with Crippen LogP contribution in [0.4, 0.5) is 0 Å². The molecule has 1 rings (SSSR count). The maximum atomic E-state index is 11.6. The van der Waals surface area contributed by atoms with Crippen molar-refractivity contribution in [3.8, 4) is 0 Å². The highest BCUT2D eigenvalue weighted by Gasteiger charge is 2.24. The third kappa shape index (κ3) is 2.21. The van der Waals surface area contributed by atoms with Gasteiger partial charge in [0.05, 0.1) is 6.04 Å². The Kier molecular flexibility index (Phi) is 3.53. The van der Waals surface area contributed by atoms with Crippen LogP contribution in [0.15, 0.2) is 0 Å². The average molecular weight is 170 g/mol. The van der Waals surface area contributed by atoms with Gasteiger partial charge < -0.3 is 10.2 Å². The standard InChI is InChI=1S/C9H18N2O/c1-3-7-11(2)9(12)8-5-4-6-10-8/h8,10H,3-7H2,1-2H3/t8-/m0/s1. The first-order chi connectivity index (χ1) is 5.75. The minimum atomic E-state index is 0.0987. The molecule has 3 heteroatoms. The molecule has 12 heavy (non-hydrogen) atoms. The fourth-order valence-corrected chi connectivity index (χ4v) is 1.61. The number of hydrogen-bond donors (Lipinski definition) is 1. The van der Waals surface area contributed by atoms with E-state index in [1.165, 1.54) is 0 Å². The highest BCUT2D eigenvalue weighted by atomic mass is 16.2. The molecule has 0 spiro atoms. The molecular weight excluding hydrogens is 152 g/mol. The van der Waals surface area contributed by atoms with Crippen molar-refractivity contribution in [1.29, 1.82) is 0 Å². The summed E-state index contributed by atoms with van der Waals surface area (Å²) >= 11 is 0. The van der Waals surface area contributed by atoms with Gasteiger partial charge in [-0.25, -0.2) is 0 Å². The van der Waals surface area contributed by atoms with Crippen molar-refractivity contribution < 1.29 is 4.79 Å². The van der Waals surface area contributed by atoms with Gasteiger partial charge in [0.2, 0.25) is 5.91 Å². The van der Waals surface area contributed by atoms with Gasteiger partial charge in [0.1, 0.15) is 0 Å². The lowest BCUT2D eigenvalue weighted by Crippen LogP contribution is -2.41. The second-order valence-corrected chi connectivity index (χ2v) is 3.41. The summed E-state index contributed by atoms with van der Waals surface area (Å²) in [5.74, 6) is 0.259. The fourth-order valence-electron chi connectivity index (χ4n) is 1.61. The van der Waals surface area contributed by atoms with Gasteiger partial charge in [-0.05, 0) is 25.8 Å². The van der Waals surface area contributed by atoms with Crippen molar-refractivity contribution in [2.75, 3.05) is 20.1 Å². The van der Waals surface area contributed by atoms with Crippen molar-refractivity contribution >= 4 is 5.91 Å². The SMILES string of the molecule is CCCN(C)C(=O)[C@@H]1CCCN1. The van der Waals surface area contributed by atoms with E-state index >= 15 is 0 Å². The van der Waals surface area contributed by atoms with Crippen LogP contribution in [-0.2, 0) is 4.79 Å². The number of hydrogen-bond acceptors (Lipinski definition) is 2. The quantitative estimate of drug-likeness (QED) is 0.673. The van der Waals surface area contributed by atoms with Crippen molar-refractivity contribution in [2.45, 2.75) is 32.2 Å². The predicted octanol–water partition coefficient (Wildman–Crippen LogP) is 0.607. The van der Waals surface area contributed by atoms with Crippen LogP contribution in [-0.4, -0.2) is 37.0 Å². The second-order valence-electron chi connectivity index (χ2n) is 3.41. The van der Waals surface area contributed by atoms with Crippen LogP contribution >= 0.6 is 0 Å². The minimum absolute atomic E-state index is 0.0987. The molecule has 1 N–H and O–H groups in total. The number of nitrogens with zero attached hydrogens (tertiary/aromatic N) is 1. The summed E-state index contributed by atoms with van der Waals surface area (Å²) in [7, 11) is 1.88. The van der Waals surface area contributed by atoms with Gasteiger partial charge in [-0.2, -0.15) is 0 Å². The van der Waals surface area contributed by atoms with Crippen LogP contribution in [0.1, 0.15) is 26.2 Å². The molecule has 0 aromatic heterocycles. The maximum Gasteiger partial charge on any atom is 0.239 e. The zero-order chi connectivity index (χ0) is 8.97. The van der Waals surface area contributed by atoms with Crippen molar-refractivity contribution in [1.82, 2.24) is 10.2 Å². The molecule has 1 amide bonds. The molecule has 1 heterocycles. The van der Waals surface area contributed by atoms with E-state index in [0.717, 1.165) is 32.4 Å². The second kappa shape index (κ2) is 4.45. The molecule has 70 valence electrons. The van der Waals surface area contributed by atoms with E-state index in [9.17, 15) is 4.79 Å². The monoisotopic (exact) mass is 170 g/mol. The van der Waals surface area contributed by atoms with E-state index < -0.39 is 0 Å². The fraction of sp³-hybridized carbons (Fsp3) is 0.889. The molecule has 0 radical (unpaired) electrons. The summed E-state index contributed by atoms with van der Waals surface area (Å²) in [6.45, 7) is 3.96. The lowest BCUT2D eigenvalue weighted by atomic mass is 10.2. The Morgan fingerprint density at radius 1 is 1.67 bits per heavy atom. The third-order valence-electron chi connectivity index (χ3n) is 2.29. The van der Waals surface area contributed by atoms with Gasteiger partial charge in [-0.15, -0.1) is 0 Å². The Morgan fingerprint density at radius 3 is 2.92 bits per heavy atom. The van der Waals surface area contributed by atoms with Gasteiger partial charge in [0.15, 0.2) is 0 Å². The molecule has 1 aliphatic heterocycles. The Labute approximate surface area is 74.1 Å². The summed E-state index contributed by atoms with van der Waals surface area (Å²) in [5, 5.41) is 3.20. The molecule has 1 saturated heterocycles. The number of nitrogens with one attached hydrogen (secondary N) is 1. The Morgan fingerprint density at radius 2 is 2.42 bits per heavy atom. The van der Waals surface area contributed by atoms with Gasteiger partial charge in [-0.3, -0.25) is 4.79 Å². The summed E-state index contributed by atoms with van der Waals surface area (Å²) in [6, 6.07) is 0.0987. The zero-order valence-corrected chi connectivity index (χ0v) is 7.97. The molecule has 0 bridgehead atoms. The number of carbonyl (C=O) groups excluding carboxylic acids is 1. The largest absolute Gasteiger partial charge is 0.344 e. The van der Waals surface area contributed by atoms with Crippen molar-refractivity contribution in [3.63, 3.8) is 0 Å². The van der Waals surface area contributed by atoms with Gasteiger partial charge in [-0.1, -0.05) is 6.92 Å². The van der Waals surface area contributed by atoms with E-state index in [2.05, 4.69) is 12.2 Å². The highest BCUT2D eigenvalue weighted by molar-refractivity contribution is 5.81. The molecular formula is C9H18N2O. The minimum Gasteiger partial charge on any atom is -0.344 e. The molecule has 1 aliphatic rings. The van der Waals surface area contributed by atoms with Crippen LogP contribution in [0, 0.1) is 0 Å². The highest BCUT2D eigenvalue weighted by Crippen LogP contribution is 2.07. The smallest absolute Gasteiger partial charge is 0.239 e. The van der Waals surface area contributed by atoms with Crippen LogP contribution in [0.5, 0.6) is 0 Å². The van der Waals surface area contributed by atoms with Crippen LogP contribution in [0.2, 0.25) is 0 Å². The molecule has 0 aromatic rings. The van der Waals surface area contributed by atoms with Crippen LogP contribution < -0.4 is 5.32 Å². The topological polar surface area (TPSA) is 32.3 Å². The maximum absolute atomic E-state index is 11.6. The number of likely N-dealkylation sites (N-methyl/N-ethyl adjacent to an activating group) is 1. The van der Waals surface area contributed by atoms with E-state index in [1.54, 1.807) is 0 Å². The number of rotatable bonds is 3. The predicted molar refractivity (Wildman–Crippen MR) is 49.0 cm³/mol. The summed E-state index contributed by atoms with van der Waals surface area (Å²) in [4.78, 5) is 13.4. The van der Waals surface area contributed by atoms with Gasteiger partial charge in [0.25, 0.3) is 0 Å². The van der Waals surface area contributed by atoms with Crippen LogP contribution in [0.25, 0.3) is 0 Å². The molecule has 1 atom stereocenters. The average Bonchev–Trinajstić information content (AvgIpc) is 2.55. The molecule has 3 nitrogen and oxygen atoms in total. The summed E-state index contributed by atoms with van der Waals surface area (Å²) in [6.07, 6.45) is 3.18. The normalized spacial score (nSPS) is 22.7. The Bertz CT molecular complexity index is 153. The number of carbonyl (C=O) groups is 1. The Hall–Kier alpha value is -0.570. The Balaban J connectivity index is 2.34. The first-order valence-corrected chi connectivity index (χ1v) is 4.74. The van der Waals surface area contributed by atoms with Crippen molar-refractivity contribution in [2.24, 2.45) is 0 Å². The molecule has 0 aliphatic carbocycles. The summed E-state index contributed by atoms with van der Waals surface area (Å²) in [5.41, 5.74) is 0. The van der Waals surface area contributed by atoms with E-state index in [0.29, 0.717) is 0 Å². The first-order valence-electron chi connectivity index (χ1n) is 4.74. The molecule has 1 fully saturated rings. The van der Waals surface area contributed by atoms with E-state index in [4.69, 9.17) is 0 Å². The van der Waals surface area contributed by atoms with Crippen LogP contribution in [0.3, 0.4) is 0 Å². The zero-order valence-electron chi connectivity index (χ0n) is 7.97. The van der Waals surface area contributed by atoms with Gasteiger partial charge >= 0.3 is 0 Å². The lowest BCUT2D eigenvalue weighted by Gasteiger charge is -2.20. The molecule has 0 unspecified atom stereocenters. The molecule has 0 saturated carbocycles. The molecule has 0 aromatic carbocycles. The van der Waals surface area contributed by atoms with Gasteiger partial charge in [0, 0.05) is 13.6 Å².